The number of rotatable bonds is 3. The number of carboxylic acids is 1. The zero-order valence-corrected chi connectivity index (χ0v) is 7.92. The molecule has 0 bridgehead atoms. The summed E-state index contributed by atoms with van der Waals surface area (Å²) in [6.45, 7) is 2.34. The highest BCUT2D eigenvalue weighted by molar-refractivity contribution is 7.92. The van der Waals surface area contributed by atoms with Gasteiger partial charge in [-0.15, -0.1) is 0 Å². The van der Waals surface area contributed by atoms with Gasteiger partial charge in [0.05, 0.1) is 0 Å². The molecule has 0 aromatic heterocycles. The van der Waals surface area contributed by atoms with E-state index in [1.54, 1.807) is 0 Å². The molecule has 0 aliphatic rings. The van der Waals surface area contributed by atoms with Gasteiger partial charge in [-0.3, -0.25) is 0 Å². The second kappa shape index (κ2) is 3.02. The Morgan fingerprint density at radius 3 is 1.83 bits per heavy atom. The first-order valence-corrected chi connectivity index (χ1v) is 5.10. The summed E-state index contributed by atoms with van der Waals surface area (Å²) in [7, 11) is -3.58. The summed E-state index contributed by atoms with van der Waals surface area (Å²) < 4.78 is 20.3. The van der Waals surface area contributed by atoms with E-state index >= 15 is 0 Å². The summed E-state index contributed by atoms with van der Waals surface area (Å²) in [5.74, 6) is -1.54. The van der Waals surface area contributed by atoms with E-state index < -0.39 is 26.7 Å². The molecule has 0 spiro atoms. The Kier molecular flexibility index (Phi) is 2.87. The van der Waals surface area contributed by atoms with Crippen molar-refractivity contribution in [2.45, 2.75) is 24.7 Å². The SMILES string of the molecule is CC(C)([C@H](O)C(=O)O)S(C)(=O)=O. The van der Waals surface area contributed by atoms with Crippen molar-refractivity contribution in [3.8, 4) is 0 Å². The van der Waals surface area contributed by atoms with Gasteiger partial charge in [-0.2, -0.15) is 0 Å². The Morgan fingerprint density at radius 1 is 1.42 bits per heavy atom. The van der Waals surface area contributed by atoms with Gasteiger partial charge in [0.15, 0.2) is 15.9 Å². The average molecular weight is 196 g/mol. The topological polar surface area (TPSA) is 91.7 Å². The van der Waals surface area contributed by atoms with Gasteiger partial charge in [0.25, 0.3) is 0 Å². The summed E-state index contributed by atoms with van der Waals surface area (Å²) >= 11 is 0. The first-order chi connectivity index (χ1) is 5.10. The summed E-state index contributed by atoms with van der Waals surface area (Å²) in [5, 5.41) is 17.4. The second-order valence-corrected chi connectivity index (χ2v) is 5.71. The molecule has 72 valence electrons. The van der Waals surface area contributed by atoms with Crippen molar-refractivity contribution in [2.24, 2.45) is 0 Å². The molecule has 0 heterocycles. The third-order valence-corrected chi connectivity index (χ3v) is 3.98. The van der Waals surface area contributed by atoms with Crippen LogP contribution < -0.4 is 0 Å². The first-order valence-electron chi connectivity index (χ1n) is 3.21. The fraction of sp³-hybridized carbons (Fsp3) is 0.833. The van der Waals surface area contributed by atoms with Crippen molar-refractivity contribution < 1.29 is 23.4 Å². The van der Waals surface area contributed by atoms with Gasteiger partial charge in [-0.1, -0.05) is 0 Å². The zero-order chi connectivity index (χ0) is 10.2. The molecule has 0 rings (SSSR count). The van der Waals surface area contributed by atoms with Crippen LogP contribution >= 0.6 is 0 Å². The van der Waals surface area contributed by atoms with E-state index in [2.05, 4.69) is 0 Å². The van der Waals surface area contributed by atoms with E-state index in [0.29, 0.717) is 0 Å². The Bertz CT molecular complexity index is 276. The molecule has 0 aromatic rings. The second-order valence-electron chi connectivity index (χ2n) is 3.12. The third-order valence-electron chi connectivity index (χ3n) is 1.85. The standard InChI is InChI=1S/C6H12O5S/c1-6(2,12(3,10)11)4(7)5(8)9/h4,7H,1-3H3,(H,8,9)/t4-/m1/s1. The molecule has 0 aliphatic carbocycles. The number of hydrogen-bond acceptors (Lipinski definition) is 4. The van der Waals surface area contributed by atoms with E-state index in [1.807, 2.05) is 0 Å². The van der Waals surface area contributed by atoms with E-state index in [1.165, 1.54) is 13.8 Å². The molecule has 5 nitrogen and oxygen atoms in total. The Morgan fingerprint density at radius 2 is 1.75 bits per heavy atom. The molecule has 0 radical (unpaired) electrons. The minimum Gasteiger partial charge on any atom is -0.479 e. The van der Waals surface area contributed by atoms with Crippen LogP contribution in [-0.4, -0.2) is 41.7 Å². The van der Waals surface area contributed by atoms with Crippen LogP contribution in [0.4, 0.5) is 0 Å². The number of carbonyl (C=O) groups is 1. The van der Waals surface area contributed by atoms with Crippen LogP contribution in [0.15, 0.2) is 0 Å². The molecule has 1 atom stereocenters. The molecule has 2 N–H and O–H groups in total. The number of aliphatic hydroxyl groups is 1. The van der Waals surface area contributed by atoms with Crippen LogP contribution in [-0.2, 0) is 14.6 Å². The van der Waals surface area contributed by atoms with Gasteiger partial charge in [0.2, 0.25) is 0 Å². The smallest absolute Gasteiger partial charge is 0.334 e. The summed E-state index contributed by atoms with van der Waals surface area (Å²) in [6, 6.07) is 0. The fourth-order valence-corrected chi connectivity index (χ4v) is 1.01. The van der Waals surface area contributed by atoms with Gasteiger partial charge in [-0.25, -0.2) is 13.2 Å². The highest BCUT2D eigenvalue weighted by Gasteiger charge is 2.42. The molecule has 0 aliphatic heterocycles. The number of aliphatic carboxylic acids is 1. The van der Waals surface area contributed by atoms with Gasteiger partial charge in [0.1, 0.15) is 4.75 Å². The first kappa shape index (κ1) is 11.4. The number of aliphatic hydroxyl groups excluding tert-OH is 1. The number of hydrogen-bond donors (Lipinski definition) is 2. The lowest BCUT2D eigenvalue weighted by Gasteiger charge is -2.25. The van der Waals surface area contributed by atoms with E-state index in [-0.39, 0.29) is 0 Å². The van der Waals surface area contributed by atoms with Gasteiger partial charge >= 0.3 is 5.97 Å². The Hall–Kier alpha value is -0.620. The molecule has 6 heteroatoms. The largest absolute Gasteiger partial charge is 0.479 e. The van der Waals surface area contributed by atoms with E-state index in [0.717, 1.165) is 6.26 Å². The minimum atomic E-state index is -3.58. The van der Waals surface area contributed by atoms with Crippen LogP contribution in [0.1, 0.15) is 13.8 Å². The van der Waals surface area contributed by atoms with Crippen molar-refractivity contribution in [1.29, 1.82) is 0 Å². The molecule has 0 aromatic carbocycles. The van der Waals surface area contributed by atoms with Crippen LogP contribution in [0.3, 0.4) is 0 Å². The number of sulfone groups is 1. The van der Waals surface area contributed by atoms with Crippen LogP contribution in [0.5, 0.6) is 0 Å². The van der Waals surface area contributed by atoms with Crippen LogP contribution in [0, 0.1) is 0 Å². The van der Waals surface area contributed by atoms with E-state index in [9.17, 15) is 13.2 Å². The average Bonchev–Trinajstić information content (AvgIpc) is 1.83. The Balaban J connectivity index is 5.00. The Labute approximate surface area is 70.9 Å². The highest BCUT2D eigenvalue weighted by atomic mass is 32.2. The molecule has 0 unspecified atom stereocenters. The van der Waals surface area contributed by atoms with Crippen molar-refractivity contribution in [1.82, 2.24) is 0 Å². The van der Waals surface area contributed by atoms with Crippen LogP contribution in [0.2, 0.25) is 0 Å². The third kappa shape index (κ3) is 1.95. The maximum Gasteiger partial charge on any atom is 0.334 e. The van der Waals surface area contributed by atoms with Crippen molar-refractivity contribution in [3.05, 3.63) is 0 Å². The normalized spacial score (nSPS) is 15.7. The minimum absolute atomic E-state index is 0.888. The lowest BCUT2D eigenvalue weighted by Crippen LogP contribution is -2.47. The lowest BCUT2D eigenvalue weighted by atomic mass is 10.1. The van der Waals surface area contributed by atoms with Gasteiger partial charge in [0, 0.05) is 6.26 Å². The highest BCUT2D eigenvalue weighted by Crippen LogP contribution is 2.19. The van der Waals surface area contributed by atoms with E-state index in [4.69, 9.17) is 10.2 Å². The molecular weight excluding hydrogens is 184 g/mol. The van der Waals surface area contributed by atoms with Crippen molar-refractivity contribution in [3.63, 3.8) is 0 Å². The summed E-state index contributed by atoms with van der Waals surface area (Å²) in [5.41, 5.74) is 0. The maximum atomic E-state index is 11.0. The molecule has 12 heavy (non-hydrogen) atoms. The van der Waals surface area contributed by atoms with Crippen LogP contribution in [0.25, 0.3) is 0 Å². The van der Waals surface area contributed by atoms with Gasteiger partial charge in [-0.05, 0) is 13.8 Å². The predicted molar refractivity (Wildman–Crippen MR) is 42.6 cm³/mol. The monoisotopic (exact) mass is 196 g/mol. The summed E-state index contributed by atoms with van der Waals surface area (Å²) in [4.78, 5) is 10.3. The molecule has 0 saturated heterocycles. The number of carboxylic acid groups (broad SMARTS) is 1. The van der Waals surface area contributed by atoms with Crippen molar-refractivity contribution in [2.75, 3.05) is 6.26 Å². The van der Waals surface area contributed by atoms with Gasteiger partial charge < -0.3 is 10.2 Å². The molecule has 0 saturated carbocycles. The molecule has 0 amide bonds. The fourth-order valence-electron chi connectivity index (χ4n) is 0.500. The maximum absolute atomic E-state index is 11.0. The lowest BCUT2D eigenvalue weighted by molar-refractivity contribution is -0.148. The zero-order valence-electron chi connectivity index (χ0n) is 7.10. The molecular formula is C6H12O5S. The quantitative estimate of drug-likeness (QED) is 0.620. The van der Waals surface area contributed by atoms with Crippen molar-refractivity contribution >= 4 is 15.8 Å². The summed E-state index contributed by atoms with van der Waals surface area (Å²) in [6.07, 6.45) is -1.01. The molecule has 0 fully saturated rings. The predicted octanol–water partition coefficient (Wildman–Crippen LogP) is -0.745.